The summed E-state index contributed by atoms with van der Waals surface area (Å²) in [7, 11) is 0. The summed E-state index contributed by atoms with van der Waals surface area (Å²) < 4.78 is 0. The van der Waals surface area contributed by atoms with Crippen LogP contribution in [0.15, 0.2) is 24.5 Å². The van der Waals surface area contributed by atoms with Gasteiger partial charge in [0.1, 0.15) is 16.5 Å². The van der Waals surface area contributed by atoms with E-state index in [2.05, 4.69) is 30.8 Å². The molecule has 1 amide bonds. The van der Waals surface area contributed by atoms with Crippen LogP contribution >= 0.6 is 11.3 Å². The van der Waals surface area contributed by atoms with Crippen LogP contribution in [0.3, 0.4) is 0 Å². The lowest BCUT2D eigenvalue weighted by Crippen LogP contribution is -2.34. The molecule has 2 N–H and O–H groups in total. The van der Waals surface area contributed by atoms with Gasteiger partial charge in [-0.1, -0.05) is 11.3 Å². The van der Waals surface area contributed by atoms with E-state index < -0.39 is 0 Å². The first kappa shape index (κ1) is 16.0. The first-order valence-corrected chi connectivity index (χ1v) is 9.08. The van der Waals surface area contributed by atoms with Crippen LogP contribution in [-0.2, 0) is 4.79 Å². The highest BCUT2D eigenvalue weighted by molar-refractivity contribution is 7.14. The molecule has 0 unspecified atom stereocenters. The quantitative estimate of drug-likeness (QED) is 0.750. The number of pyridine rings is 2. The number of amides is 1. The Morgan fingerprint density at radius 1 is 1.16 bits per heavy atom. The predicted molar refractivity (Wildman–Crippen MR) is 97.4 cm³/mol. The molecule has 1 aliphatic rings. The molecule has 1 aliphatic heterocycles. The number of aromatic nitrogens is 4. The molecule has 4 heterocycles. The second-order valence-electron chi connectivity index (χ2n) is 6.13. The summed E-state index contributed by atoms with van der Waals surface area (Å²) in [6.45, 7) is 3.69. The number of hydrogen-bond donors (Lipinski definition) is 2. The van der Waals surface area contributed by atoms with Crippen LogP contribution in [0.5, 0.6) is 0 Å². The maximum atomic E-state index is 12.4. The number of rotatable bonds is 3. The Labute approximate surface area is 148 Å². The number of fused-ring (bicyclic) bond motifs is 1. The largest absolute Gasteiger partial charge is 0.317 e. The number of nitrogens with one attached hydrogen (secondary N) is 2. The van der Waals surface area contributed by atoms with Gasteiger partial charge < -0.3 is 10.6 Å². The van der Waals surface area contributed by atoms with Crippen molar-refractivity contribution in [2.24, 2.45) is 5.92 Å². The van der Waals surface area contributed by atoms with Gasteiger partial charge in [-0.25, -0.2) is 4.98 Å². The molecular weight excluding hydrogens is 336 g/mol. The van der Waals surface area contributed by atoms with Crippen molar-refractivity contribution in [1.29, 1.82) is 0 Å². The van der Waals surface area contributed by atoms with E-state index >= 15 is 0 Å². The SMILES string of the molecule is Cc1nnc(-c2cc3cc(NC(=O)C4CCNCC4)ncc3cn2)s1. The lowest BCUT2D eigenvalue weighted by molar-refractivity contribution is -0.120. The maximum Gasteiger partial charge on any atom is 0.228 e. The third-order valence-electron chi connectivity index (χ3n) is 4.31. The standard InChI is InChI=1S/C17H18N6OS/c1-10-22-23-17(25-10)14-6-12-7-15(20-9-13(12)8-19-14)21-16(24)11-2-4-18-5-3-11/h6-9,11,18H,2-5H2,1H3,(H,20,21,24). The van der Waals surface area contributed by atoms with Crippen molar-refractivity contribution in [3.05, 3.63) is 29.5 Å². The fraction of sp³-hybridized carbons (Fsp3) is 0.353. The lowest BCUT2D eigenvalue weighted by atomic mass is 9.97. The molecule has 0 aliphatic carbocycles. The van der Waals surface area contributed by atoms with E-state index in [0.717, 1.165) is 52.4 Å². The lowest BCUT2D eigenvalue weighted by Gasteiger charge is -2.21. The fourth-order valence-electron chi connectivity index (χ4n) is 2.94. The average Bonchev–Trinajstić information content (AvgIpc) is 3.08. The van der Waals surface area contributed by atoms with Crippen molar-refractivity contribution in [2.45, 2.75) is 19.8 Å². The molecule has 0 aromatic carbocycles. The van der Waals surface area contributed by atoms with Crippen LogP contribution in [0.4, 0.5) is 5.82 Å². The zero-order valence-electron chi connectivity index (χ0n) is 13.8. The number of piperidine rings is 1. The molecule has 8 heteroatoms. The summed E-state index contributed by atoms with van der Waals surface area (Å²) in [6, 6.07) is 3.84. The summed E-state index contributed by atoms with van der Waals surface area (Å²) >= 11 is 1.51. The minimum atomic E-state index is 0.0439. The van der Waals surface area contributed by atoms with Crippen LogP contribution in [-0.4, -0.2) is 39.2 Å². The molecule has 3 aromatic rings. The zero-order valence-corrected chi connectivity index (χ0v) is 14.6. The van der Waals surface area contributed by atoms with Gasteiger partial charge in [-0.05, 0) is 50.4 Å². The summed E-state index contributed by atoms with van der Waals surface area (Å²) in [4.78, 5) is 21.2. The van der Waals surface area contributed by atoms with E-state index in [-0.39, 0.29) is 11.8 Å². The van der Waals surface area contributed by atoms with Gasteiger partial charge >= 0.3 is 0 Å². The normalized spacial score (nSPS) is 15.4. The molecule has 128 valence electrons. The molecule has 0 bridgehead atoms. The highest BCUT2D eigenvalue weighted by Gasteiger charge is 2.21. The van der Waals surface area contributed by atoms with Gasteiger partial charge in [0.05, 0.1) is 0 Å². The topological polar surface area (TPSA) is 92.7 Å². The molecule has 0 atom stereocenters. The molecular formula is C17H18N6OS. The second kappa shape index (κ2) is 6.81. The Hall–Kier alpha value is -2.45. The minimum Gasteiger partial charge on any atom is -0.317 e. The Kier molecular flexibility index (Phi) is 4.37. The number of hydrogen-bond acceptors (Lipinski definition) is 7. The maximum absolute atomic E-state index is 12.4. The number of carbonyl (C=O) groups excluding carboxylic acids is 1. The van der Waals surface area contributed by atoms with E-state index in [1.165, 1.54) is 11.3 Å². The van der Waals surface area contributed by atoms with Crippen LogP contribution in [0.1, 0.15) is 17.8 Å². The second-order valence-corrected chi connectivity index (χ2v) is 7.31. The zero-order chi connectivity index (χ0) is 17.2. The summed E-state index contributed by atoms with van der Waals surface area (Å²) in [5.41, 5.74) is 0.778. The Morgan fingerprint density at radius 2 is 1.96 bits per heavy atom. The van der Waals surface area contributed by atoms with E-state index in [1.54, 1.807) is 12.4 Å². The molecule has 0 spiro atoms. The van der Waals surface area contributed by atoms with E-state index in [9.17, 15) is 4.79 Å². The van der Waals surface area contributed by atoms with Gasteiger partial charge in [-0.15, -0.1) is 10.2 Å². The highest BCUT2D eigenvalue weighted by Crippen LogP contribution is 2.25. The molecule has 0 radical (unpaired) electrons. The Balaban J connectivity index is 1.59. The summed E-state index contributed by atoms with van der Waals surface area (Å²) in [5.74, 6) is 0.667. The van der Waals surface area contributed by atoms with Gasteiger partial charge in [0, 0.05) is 23.7 Å². The van der Waals surface area contributed by atoms with Crippen LogP contribution in [0, 0.1) is 12.8 Å². The van der Waals surface area contributed by atoms with Crippen molar-refractivity contribution in [3.63, 3.8) is 0 Å². The van der Waals surface area contributed by atoms with Crippen molar-refractivity contribution in [2.75, 3.05) is 18.4 Å². The predicted octanol–water partition coefficient (Wildman–Crippen LogP) is 2.39. The van der Waals surface area contributed by atoms with Crippen LogP contribution in [0.2, 0.25) is 0 Å². The summed E-state index contributed by atoms with van der Waals surface area (Å²) in [5, 5.41) is 18.0. The smallest absolute Gasteiger partial charge is 0.228 e. The monoisotopic (exact) mass is 354 g/mol. The molecule has 0 saturated carbocycles. The van der Waals surface area contributed by atoms with Crippen molar-refractivity contribution < 1.29 is 4.79 Å². The molecule has 1 fully saturated rings. The van der Waals surface area contributed by atoms with E-state index in [4.69, 9.17) is 0 Å². The van der Waals surface area contributed by atoms with Crippen LogP contribution in [0.25, 0.3) is 21.5 Å². The van der Waals surface area contributed by atoms with Gasteiger partial charge in [-0.3, -0.25) is 9.78 Å². The molecule has 4 rings (SSSR count). The van der Waals surface area contributed by atoms with Gasteiger partial charge in [0.25, 0.3) is 0 Å². The number of anilines is 1. The van der Waals surface area contributed by atoms with E-state index in [0.29, 0.717) is 5.82 Å². The number of carbonyl (C=O) groups is 1. The van der Waals surface area contributed by atoms with Gasteiger partial charge in [0.15, 0.2) is 5.01 Å². The molecule has 7 nitrogen and oxygen atoms in total. The third kappa shape index (κ3) is 3.49. The van der Waals surface area contributed by atoms with Gasteiger partial charge in [-0.2, -0.15) is 0 Å². The van der Waals surface area contributed by atoms with Crippen molar-refractivity contribution in [3.8, 4) is 10.7 Å². The Bertz CT molecular complexity index is 918. The molecule has 25 heavy (non-hydrogen) atoms. The summed E-state index contributed by atoms with van der Waals surface area (Å²) in [6.07, 6.45) is 5.23. The number of nitrogens with zero attached hydrogens (tertiary/aromatic N) is 4. The van der Waals surface area contributed by atoms with Crippen molar-refractivity contribution >= 4 is 33.8 Å². The highest BCUT2D eigenvalue weighted by atomic mass is 32.1. The third-order valence-corrected chi connectivity index (χ3v) is 5.17. The van der Waals surface area contributed by atoms with Crippen molar-refractivity contribution in [1.82, 2.24) is 25.5 Å². The fourth-order valence-corrected chi connectivity index (χ4v) is 3.60. The number of aryl methyl sites for hydroxylation is 1. The average molecular weight is 354 g/mol. The minimum absolute atomic E-state index is 0.0439. The van der Waals surface area contributed by atoms with Gasteiger partial charge in [0.2, 0.25) is 5.91 Å². The first-order chi connectivity index (χ1) is 12.2. The van der Waals surface area contributed by atoms with Crippen LogP contribution < -0.4 is 10.6 Å². The molecule has 3 aromatic heterocycles. The van der Waals surface area contributed by atoms with E-state index in [1.807, 2.05) is 19.1 Å². The Morgan fingerprint density at radius 3 is 2.72 bits per heavy atom. The molecule has 1 saturated heterocycles. The first-order valence-electron chi connectivity index (χ1n) is 8.27.